The molecule has 1 aliphatic rings. The van der Waals surface area contributed by atoms with E-state index in [-0.39, 0.29) is 36.1 Å². The summed E-state index contributed by atoms with van der Waals surface area (Å²) in [6.07, 6.45) is 2.64. The van der Waals surface area contributed by atoms with Gasteiger partial charge in [0.05, 0.1) is 25.7 Å². The molecule has 154 valence electrons. The molecule has 1 amide bonds. The number of unbranched alkanes of at least 4 members (excludes halogenated alkanes) is 1. The molecule has 2 atom stereocenters. The molecule has 0 aliphatic carbocycles. The molecular weight excluding hydrogens is 373 g/mol. The van der Waals surface area contributed by atoms with E-state index in [1.807, 2.05) is 24.3 Å². The molecule has 0 N–H and O–H groups in total. The molecule has 3 rings (SSSR count). The van der Waals surface area contributed by atoms with Crippen LogP contribution in [0.25, 0.3) is 0 Å². The SMILES string of the molecule is CCCCOc1ccc(C2C(CCC(=O)OC)C(=O)N2c2ccc(F)cc2)cc1. The van der Waals surface area contributed by atoms with Gasteiger partial charge in [-0.15, -0.1) is 0 Å². The predicted octanol–water partition coefficient (Wildman–Crippen LogP) is 4.66. The second kappa shape index (κ2) is 9.54. The molecule has 0 spiro atoms. The highest BCUT2D eigenvalue weighted by molar-refractivity contribution is 6.03. The summed E-state index contributed by atoms with van der Waals surface area (Å²) in [5.74, 6) is -0.308. The second-order valence-electron chi connectivity index (χ2n) is 7.12. The number of methoxy groups -OCH3 is 1. The van der Waals surface area contributed by atoms with E-state index < -0.39 is 0 Å². The van der Waals surface area contributed by atoms with E-state index in [9.17, 15) is 14.0 Å². The van der Waals surface area contributed by atoms with Gasteiger partial charge in [-0.2, -0.15) is 0 Å². The quantitative estimate of drug-likeness (QED) is 0.350. The molecule has 1 fully saturated rings. The van der Waals surface area contributed by atoms with Crippen molar-refractivity contribution in [2.45, 2.75) is 38.6 Å². The van der Waals surface area contributed by atoms with Gasteiger partial charge in [0.15, 0.2) is 0 Å². The number of benzene rings is 2. The maximum absolute atomic E-state index is 13.3. The third kappa shape index (κ3) is 4.75. The van der Waals surface area contributed by atoms with Gasteiger partial charge in [-0.3, -0.25) is 9.59 Å². The molecule has 0 bridgehead atoms. The first-order valence-electron chi connectivity index (χ1n) is 9.93. The first-order chi connectivity index (χ1) is 14.0. The van der Waals surface area contributed by atoms with Crippen LogP contribution in [-0.4, -0.2) is 25.6 Å². The molecule has 6 heteroatoms. The lowest BCUT2D eigenvalue weighted by atomic mass is 9.79. The van der Waals surface area contributed by atoms with Crippen LogP contribution in [0.3, 0.4) is 0 Å². The smallest absolute Gasteiger partial charge is 0.305 e. The Kier molecular flexibility index (Phi) is 6.86. The summed E-state index contributed by atoms with van der Waals surface area (Å²) in [6, 6.07) is 13.3. The minimum absolute atomic E-state index is 0.0752. The summed E-state index contributed by atoms with van der Waals surface area (Å²) in [5.41, 5.74) is 1.59. The van der Waals surface area contributed by atoms with Crippen molar-refractivity contribution in [2.75, 3.05) is 18.6 Å². The first-order valence-corrected chi connectivity index (χ1v) is 9.93. The number of halogens is 1. The number of β-lactam (4-membered cyclic amide) rings is 1. The van der Waals surface area contributed by atoms with E-state index in [2.05, 4.69) is 6.92 Å². The van der Waals surface area contributed by atoms with Gasteiger partial charge in [-0.1, -0.05) is 25.5 Å². The Morgan fingerprint density at radius 1 is 1.10 bits per heavy atom. The van der Waals surface area contributed by atoms with E-state index >= 15 is 0 Å². The van der Waals surface area contributed by atoms with E-state index in [4.69, 9.17) is 9.47 Å². The van der Waals surface area contributed by atoms with E-state index in [0.29, 0.717) is 18.7 Å². The molecule has 2 unspecified atom stereocenters. The summed E-state index contributed by atoms with van der Waals surface area (Å²) in [7, 11) is 1.34. The summed E-state index contributed by atoms with van der Waals surface area (Å²) in [6.45, 7) is 2.78. The maximum Gasteiger partial charge on any atom is 0.305 e. The summed E-state index contributed by atoms with van der Waals surface area (Å²) in [5, 5.41) is 0. The van der Waals surface area contributed by atoms with Gasteiger partial charge in [0.25, 0.3) is 0 Å². The van der Waals surface area contributed by atoms with Gasteiger partial charge >= 0.3 is 5.97 Å². The second-order valence-corrected chi connectivity index (χ2v) is 7.12. The van der Waals surface area contributed by atoms with Gasteiger partial charge < -0.3 is 14.4 Å². The molecule has 2 aromatic rings. The highest BCUT2D eigenvalue weighted by atomic mass is 19.1. The van der Waals surface area contributed by atoms with Crippen molar-refractivity contribution in [2.24, 2.45) is 5.92 Å². The first kappa shape index (κ1) is 20.8. The summed E-state index contributed by atoms with van der Waals surface area (Å²) in [4.78, 5) is 26.0. The monoisotopic (exact) mass is 399 g/mol. The average Bonchev–Trinajstić information content (AvgIpc) is 2.74. The lowest BCUT2D eigenvalue weighted by Gasteiger charge is -2.47. The maximum atomic E-state index is 13.3. The number of hydrogen-bond acceptors (Lipinski definition) is 4. The van der Waals surface area contributed by atoms with Crippen molar-refractivity contribution in [3.05, 3.63) is 59.9 Å². The fraction of sp³-hybridized carbons (Fsp3) is 0.391. The number of amides is 1. The van der Waals surface area contributed by atoms with Crippen LogP contribution in [0.15, 0.2) is 48.5 Å². The number of esters is 1. The molecular formula is C23H26FNO4. The minimum atomic E-state index is -0.353. The largest absolute Gasteiger partial charge is 0.494 e. The molecule has 0 aromatic heterocycles. The average molecular weight is 399 g/mol. The third-order valence-electron chi connectivity index (χ3n) is 5.19. The minimum Gasteiger partial charge on any atom is -0.494 e. The van der Waals surface area contributed by atoms with Gasteiger partial charge in [0.1, 0.15) is 11.6 Å². The molecule has 2 aromatic carbocycles. The van der Waals surface area contributed by atoms with Crippen molar-refractivity contribution in [3.63, 3.8) is 0 Å². The zero-order valence-corrected chi connectivity index (χ0v) is 16.8. The van der Waals surface area contributed by atoms with Crippen LogP contribution in [0.4, 0.5) is 10.1 Å². The normalized spacial score (nSPS) is 18.3. The van der Waals surface area contributed by atoms with Crippen molar-refractivity contribution in [1.82, 2.24) is 0 Å². The molecule has 1 heterocycles. The Morgan fingerprint density at radius 3 is 2.41 bits per heavy atom. The molecule has 1 aliphatic heterocycles. The van der Waals surface area contributed by atoms with Gasteiger partial charge in [0.2, 0.25) is 5.91 Å². The summed E-state index contributed by atoms with van der Waals surface area (Å²) >= 11 is 0. The zero-order valence-electron chi connectivity index (χ0n) is 16.8. The van der Waals surface area contributed by atoms with Gasteiger partial charge in [-0.25, -0.2) is 4.39 Å². The fourth-order valence-electron chi connectivity index (χ4n) is 3.57. The van der Waals surface area contributed by atoms with Crippen molar-refractivity contribution in [1.29, 1.82) is 0 Å². The van der Waals surface area contributed by atoms with Crippen molar-refractivity contribution in [3.8, 4) is 5.75 Å². The van der Waals surface area contributed by atoms with Crippen LogP contribution < -0.4 is 9.64 Å². The molecule has 0 radical (unpaired) electrons. The standard InChI is InChI=1S/C23H26FNO4/c1-3-4-15-29-19-11-5-16(6-12-19)22-20(13-14-21(26)28-2)23(27)25(22)18-9-7-17(24)8-10-18/h5-12,20,22H,3-4,13-15H2,1-2H3. The third-order valence-corrected chi connectivity index (χ3v) is 5.19. The van der Waals surface area contributed by atoms with Crippen molar-refractivity contribution < 1.29 is 23.5 Å². The lowest BCUT2D eigenvalue weighted by Crippen LogP contribution is -2.55. The number of carbonyl (C=O) groups excluding carboxylic acids is 2. The fourth-order valence-corrected chi connectivity index (χ4v) is 3.57. The van der Waals surface area contributed by atoms with Crippen LogP contribution >= 0.6 is 0 Å². The number of ether oxygens (including phenoxy) is 2. The number of anilines is 1. The molecule has 0 saturated carbocycles. The summed E-state index contributed by atoms with van der Waals surface area (Å²) < 4.78 is 23.7. The van der Waals surface area contributed by atoms with E-state index in [0.717, 1.165) is 24.2 Å². The van der Waals surface area contributed by atoms with Crippen LogP contribution in [0, 0.1) is 11.7 Å². The van der Waals surface area contributed by atoms with E-state index in [1.165, 1.54) is 19.2 Å². The lowest BCUT2D eigenvalue weighted by molar-refractivity contribution is -0.141. The van der Waals surface area contributed by atoms with Gasteiger partial charge in [-0.05, 0) is 54.8 Å². The Morgan fingerprint density at radius 2 is 1.79 bits per heavy atom. The Labute approximate surface area is 170 Å². The highest BCUT2D eigenvalue weighted by Crippen LogP contribution is 2.45. The Balaban J connectivity index is 1.81. The van der Waals surface area contributed by atoms with Crippen molar-refractivity contribution >= 4 is 17.6 Å². The van der Waals surface area contributed by atoms with Crippen LogP contribution in [-0.2, 0) is 14.3 Å². The zero-order chi connectivity index (χ0) is 20.8. The molecule has 1 saturated heterocycles. The Hall–Kier alpha value is -2.89. The number of rotatable bonds is 9. The number of carbonyl (C=O) groups is 2. The number of nitrogens with zero attached hydrogens (tertiary/aromatic N) is 1. The van der Waals surface area contributed by atoms with Crippen LogP contribution in [0.1, 0.15) is 44.2 Å². The highest BCUT2D eigenvalue weighted by Gasteiger charge is 2.48. The van der Waals surface area contributed by atoms with Gasteiger partial charge in [0, 0.05) is 12.1 Å². The number of hydrogen-bond donors (Lipinski definition) is 0. The van der Waals surface area contributed by atoms with Crippen LogP contribution in [0.2, 0.25) is 0 Å². The topological polar surface area (TPSA) is 55.8 Å². The predicted molar refractivity (Wildman–Crippen MR) is 108 cm³/mol. The van der Waals surface area contributed by atoms with E-state index in [1.54, 1.807) is 17.0 Å². The molecule has 29 heavy (non-hydrogen) atoms. The van der Waals surface area contributed by atoms with Crippen LogP contribution in [0.5, 0.6) is 5.75 Å². The molecule has 5 nitrogen and oxygen atoms in total. The Bertz CT molecular complexity index is 835.